The lowest BCUT2D eigenvalue weighted by molar-refractivity contribution is -0.274. The highest BCUT2D eigenvalue weighted by molar-refractivity contribution is 7.93. The lowest BCUT2D eigenvalue weighted by atomic mass is 10.2. The van der Waals surface area contributed by atoms with Crippen LogP contribution in [-0.2, 0) is 21.2 Å². The topological polar surface area (TPSA) is 97.4 Å². The number of ether oxygens (including phenoxy) is 1. The van der Waals surface area contributed by atoms with Crippen molar-refractivity contribution in [2.75, 3.05) is 10.0 Å². The molecular formula is C18H14F3N3O4S2. The quantitative estimate of drug-likeness (QED) is 0.559. The molecule has 0 radical (unpaired) electrons. The zero-order valence-corrected chi connectivity index (χ0v) is 16.6. The Hall–Kier alpha value is -3.12. The summed E-state index contributed by atoms with van der Waals surface area (Å²) in [5.74, 6) is -0.877. The summed E-state index contributed by atoms with van der Waals surface area (Å²) < 4.78 is 67.1. The molecule has 0 aliphatic carbocycles. The van der Waals surface area contributed by atoms with E-state index in [1.165, 1.54) is 29.6 Å². The van der Waals surface area contributed by atoms with Gasteiger partial charge in [-0.3, -0.25) is 9.52 Å². The second kappa shape index (κ2) is 8.71. The lowest BCUT2D eigenvalue weighted by Gasteiger charge is -2.09. The van der Waals surface area contributed by atoms with Crippen LogP contribution < -0.4 is 14.8 Å². The molecule has 0 aliphatic rings. The fourth-order valence-electron chi connectivity index (χ4n) is 2.32. The molecule has 0 spiro atoms. The molecule has 2 N–H and O–H groups in total. The average Bonchev–Trinajstić information content (AvgIpc) is 3.09. The first-order valence-corrected chi connectivity index (χ1v) is 10.6. The molecule has 7 nitrogen and oxygen atoms in total. The summed E-state index contributed by atoms with van der Waals surface area (Å²) >= 11 is 1.02. The van der Waals surface area contributed by atoms with Gasteiger partial charge < -0.3 is 10.1 Å². The maximum atomic E-state index is 12.3. The molecule has 1 amide bonds. The zero-order chi connectivity index (χ0) is 21.8. The van der Waals surface area contributed by atoms with Crippen molar-refractivity contribution >= 4 is 38.1 Å². The van der Waals surface area contributed by atoms with Crippen molar-refractivity contribution in [2.24, 2.45) is 0 Å². The van der Waals surface area contributed by atoms with Crippen molar-refractivity contribution in [3.8, 4) is 5.75 Å². The number of alkyl halides is 3. The van der Waals surface area contributed by atoms with E-state index < -0.39 is 28.0 Å². The number of anilines is 2. The standard InChI is InChI=1S/C18H14F3N3O4S2/c19-18(20,21)28-14-8-6-12(7-9-14)22-16(25)10-13-11-29-17(23-13)24-30(26,27)15-4-2-1-3-5-15/h1-9,11H,10H2,(H,22,25)(H,23,24). The van der Waals surface area contributed by atoms with Gasteiger partial charge >= 0.3 is 6.36 Å². The Labute approximate surface area is 173 Å². The van der Waals surface area contributed by atoms with Crippen LogP contribution in [0.15, 0.2) is 64.9 Å². The van der Waals surface area contributed by atoms with Crippen molar-refractivity contribution < 1.29 is 31.1 Å². The van der Waals surface area contributed by atoms with Gasteiger partial charge in [-0.25, -0.2) is 13.4 Å². The zero-order valence-electron chi connectivity index (χ0n) is 15.0. The van der Waals surface area contributed by atoms with E-state index in [-0.39, 0.29) is 22.1 Å². The van der Waals surface area contributed by atoms with Crippen LogP contribution in [-0.4, -0.2) is 25.7 Å². The largest absolute Gasteiger partial charge is 0.573 e. The predicted molar refractivity (Wildman–Crippen MR) is 105 cm³/mol. The molecule has 30 heavy (non-hydrogen) atoms. The van der Waals surface area contributed by atoms with Gasteiger partial charge in [-0.15, -0.1) is 24.5 Å². The number of carbonyl (C=O) groups excluding carboxylic acids is 1. The number of hydrogen-bond donors (Lipinski definition) is 2. The molecule has 158 valence electrons. The molecule has 0 aliphatic heterocycles. The molecule has 0 atom stereocenters. The van der Waals surface area contributed by atoms with Crippen LogP contribution in [0.25, 0.3) is 0 Å². The van der Waals surface area contributed by atoms with Crippen molar-refractivity contribution in [1.29, 1.82) is 0 Å². The molecule has 2 aromatic carbocycles. The number of aromatic nitrogens is 1. The molecule has 1 aromatic heterocycles. The summed E-state index contributed by atoms with van der Waals surface area (Å²) in [5, 5.41) is 4.15. The first-order chi connectivity index (χ1) is 14.1. The Morgan fingerprint density at radius 3 is 2.37 bits per heavy atom. The van der Waals surface area contributed by atoms with E-state index in [2.05, 4.69) is 19.8 Å². The van der Waals surface area contributed by atoms with E-state index in [1.54, 1.807) is 18.2 Å². The van der Waals surface area contributed by atoms with E-state index in [0.29, 0.717) is 5.69 Å². The van der Waals surface area contributed by atoms with Crippen molar-refractivity contribution in [2.45, 2.75) is 17.7 Å². The monoisotopic (exact) mass is 457 g/mol. The SMILES string of the molecule is O=C(Cc1csc(NS(=O)(=O)c2ccccc2)n1)Nc1ccc(OC(F)(F)F)cc1. The van der Waals surface area contributed by atoms with Crippen LogP contribution in [0.5, 0.6) is 5.75 Å². The fraction of sp³-hybridized carbons (Fsp3) is 0.111. The summed E-state index contributed by atoms with van der Waals surface area (Å²) in [6.45, 7) is 0. The van der Waals surface area contributed by atoms with E-state index in [9.17, 15) is 26.4 Å². The Morgan fingerprint density at radius 2 is 1.73 bits per heavy atom. The van der Waals surface area contributed by atoms with E-state index in [0.717, 1.165) is 23.5 Å². The highest BCUT2D eigenvalue weighted by Crippen LogP contribution is 2.24. The van der Waals surface area contributed by atoms with Crippen molar-refractivity contribution in [3.05, 3.63) is 65.7 Å². The summed E-state index contributed by atoms with van der Waals surface area (Å²) in [6.07, 6.45) is -4.94. The molecule has 3 aromatic rings. The summed E-state index contributed by atoms with van der Waals surface area (Å²) in [6, 6.07) is 12.4. The van der Waals surface area contributed by atoms with Gasteiger partial charge in [-0.2, -0.15) is 0 Å². The lowest BCUT2D eigenvalue weighted by Crippen LogP contribution is -2.17. The van der Waals surface area contributed by atoms with Gasteiger partial charge in [0.05, 0.1) is 17.0 Å². The van der Waals surface area contributed by atoms with Crippen LogP contribution in [0.2, 0.25) is 0 Å². The molecule has 3 rings (SSSR count). The minimum absolute atomic E-state index is 0.0810. The predicted octanol–water partition coefficient (Wildman–Crippen LogP) is 4.02. The molecular weight excluding hydrogens is 443 g/mol. The van der Waals surface area contributed by atoms with Crippen LogP contribution >= 0.6 is 11.3 Å². The van der Waals surface area contributed by atoms with E-state index in [4.69, 9.17) is 0 Å². The molecule has 0 saturated carbocycles. The third kappa shape index (κ3) is 6.19. The van der Waals surface area contributed by atoms with Crippen LogP contribution in [0, 0.1) is 0 Å². The fourth-order valence-corrected chi connectivity index (χ4v) is 4.30. The van der Waals surface area contributed by atoms with Crippen LogP contribution in [0.3, 0.4) is 0 Å². The number of amides is 1. The summed E-state index contributed by atoms with van der Waals surface area (Å²) in [7, 11) is -3.79. The number of rotatable bonds is 7. The maximum absolute atomic E-state index is 12.3. The van der Waals surface area contributed by atoms with Crippen molar-refractivity contribution in [3.63, 3.8) is 0 Å². The number of nitrogens with zero attached hydrogens (tertiary/aromatic N) is 1. The number of nitrogens with one attached hydrogen (secondary N) is 2. The second-order valence-electron chi connectivity index (χ2n) is 5.86. The van der Waals surface area contributed by atoms with Crippen LogP contribution in [0.1, 0.15) is 5.69 Å². The minimum atomic E-state index is -4.80. The molecule has 0 unspecified atom stereocenters. The average molecular weight is 457 g/mol. The third-order valence-electron chi connectivity index (χ3n) is 3.54. The molecule has 1 heterocycles. The Kier molecular flexibility index (Phi) is 6.27. The number of carbonyl (C=O) groups is 1. The number of hydrogen-bond acceptors (Lipinski definition) is 6. The number of benzene rings is 2. The van der Waals surface area contributed by atoms with Gasteiger partial charge in [-0.05, 0) is 36.4 Å². The Bertz CT molecular complexity index is 1120. The number of halogens is 3. The highest BCUT2D eigenvalue weighted by Gasteiger charge is 2.31. The van der Waals surface area contributed by atoms with Crippen molar-refractivity contribution in [1.82, 2.24) is 4.98 Å². The Morgan fingerprint density at radius 1 is 1.07 bits per heavy atom. The van der Waals surface area contributed by atoms with Gasteiger partial charge in [0.2, 0.25) is 5.91 Å². The third-order valence-corrected chi connectivity index (χ3v) is 5.83. The summed E-state index contributed by atoms with van der Waals surface area (Å²) in [5.41, 5.74) is 0.607. The minimum Gasteiger partial charge on any atom is -0.406 e. The van der Waals surface area contributed by atoms with Gasteiger partial charge in [0.25, 0.3) is 10.0 Å². The van der Waals surface area contributed by atoms with E-state index >= 15 is 0 Å². The van der Waals surface area contributed by atoms with E-state index in [1.807, 2.05) is 0 Å². The first-order valence-electron chi connectivity index (χ1n) is 8.29. The Balaban J connectivity index is 1.57. The smallest absolute Gasteiger partial charge is 0.406 e. The highest BCUT2D eigenvalue weighted by atomic mass is 32.2. The van der Waals surface area contributed by atoms with Gasteiger partial charge in [0.1, 0.15) is 5.75 Å². The van der Waals surface area contributed by atoms with Gasteiger partial charge in [-0.1, -0.05) is 18.2 Å². The number of sulfonamides is 1. The normalized spacial score (nSPS) is 11.7. The number of thiazole rings is 1. The van der Waals surface area contributed by atoms with Crippen LogP contribution in [0.4, 0.5) is 24.0 Å². The second-order valence-corrected chi connectivity index (χ2v) is 8.40. The molecule has 12 heteroatoms. The molecule has 0 fully saturated rings. The first kappa shape index (κ1) is 21.6. The molecule has 0 saturated heterocycles. The molecule has 0 bridgehead atoms. The van der Waals surface area contributed by atoms with Gasteiger partial charge in [0.15, 0.2) is 5.13 Å². The summed E-state index contributed by atoms with van der Waals surface area (Å²) in [4.78, 5) is 16.3. The van der Waals surface area contributed by atoms with Gasteiger partial charge in [0, 0.05) is 11.1 Å². The maximum Gasteiger partial charge on any atom is 0.573 e.